The summed E-state index contributed by atoms with van der Waals surface area (Å²) in [5.41, 5.74) is 7.94. The van der Waals surface area contributed by atoms with E-state index in [0.717, 1.165) is 16.6 Å². The van der Waals surface area contributed by atoms with E-state index >= 15 is 0 Å². The monoisotopic (exact) mass is 258 g/mol. The Bertz CT molecular complexity index is 597. The van der Waals surface area contributed by atoms with E-state index in [1.54, 1.807) is 13.3 Å². The first-order chi connectivity index (χ1) is 9.13. The molecule has 5 nitrogen and oxygen atoms in total. The number of amidine groups is 1. The van der Waals surface area contributed by atoms with Crippen molar-refractivity contribution >= 4 is 22.4 Å². The molecule has 0 saturated heterocycles. The second kappa shape index (κ2) is 5.67. The number of hydrogen-bond acceptors (Lipinski definition) is 4. The molecule has 1 aromatic heterocycles. The summed E-state index contributed by atoms with van der Waals surface area (Å²) in [5.74, 6) is 0.00539. The summed E-state index contributed by atoms with van der Waals surface area (Å²) in [6.45, 7) is 2.62. The zero-order valence-corrected chi connectivity index (χ0v) is 11.1. The van der Waals surface area contributed by atoms with Gasteiger partial charge in [0.25, 0.3) is 0 Å². The summed E-state index contributed by atoms with van der Waals surface area (Å²) in [5, 5.41) is 11.9. The highest BCUT2D eigenvalue weighted by Gasteiger charge is 2.11. The van der Waals surface area contributed by atoms with Crippen LogP contribution in [0.4, 0.5) is 5.69 Å². The maximum atomic E-state index is 7.65. The molecule has 0 aliphatic heterocycles. The summed E-state index contributed by atoms with van der Waals surface area (Å²) in [6.07, 6.45) is 1.71. The van der Waals surface area contributed by atoms with Crippen LogP contribution in [0, 0.1) is 5.41 Å². The Balaban J connectivity index is 2.46. The molecule has 0 saturated carbocycles. The third-order valence-corrected chi connectivity index (χ3v) is 3.03. The van der Waals surface area contributed by atoms with Crippen molar-refractivity contribution in [2.45, 2.75) is 13.0 Å². The lowest BCUT2D eigenvalue weighted by Gasteiger charge is -2.16. The zero-order chi connectivity index (χ0) is 13.8. The van der Waals surface area contributed by atoms with Crippen LogP contribution in [0.25, 0.3) is 10.9 Å². The van der Waals surface area contributed by atoms with Gasteiger partial charge in [-0.25, -0.2) is 0 Å². The molecule has 2 rings (SSSR count). The topological polar surface area (TPSA) is 84.0 Å². The van der Waals surface area contributed by atoms with Gasteiger partial charge in [0.2, 0.25) is 0 Å². The number of pyridine rings is 1. The minimum Gasteiger partial charge on any atom is -0.384 e. The lowest BCUT2D eigenvalue weighted by atomic mass is 10.1. The summed E-state index contributed by atoms with van der Waals surface area (Å²) in [7, 11) is 1.67. The summed E-state index contributed by atoms with van der Waals surface area (Å²) in [4.78, 5) is 4.32. The van der Waals surface area contributed by atoms with Gasteiger partial charge in [0.15, 0.2) is 0 Å². The van der Waals surface area contributed by atoms with Gasteiger partial charge in [0.05, 0.1) is 22.9 Å². The van der Waals surface area contributed by atoms with Crippen LogP contribution in [0.1, 0.15) is 12.5 Å². The molecule has 1 atom stereocenters. The molecule has 1 aromatic carbocycles. The molecule has 19 heavy (non-hydrogen) atoms. The largest absolute Gasteiger partial charge is 0.384 e. The number of rotatable bonds is 5. The van der Waals surface area contributed by atoms with E-state index in [-0.39, 0.29) is 11.9 Å². The van der Waals surface area contributed by atoms with Crippen molar-refractivity contribution in [1.29, 1.82) is 5.41 Å². The van der Waals surface area contributed by atoms with Gasteiger partial charge in [-0.15, -0.1) is 0 Å². The van der Waals surface area contributed by atoms with Crippen LogP contribution in [-0.2, 0) is 4.74 Å². The molecule has 5 heteroatoms. The Kier molecular flexibility index (Phi) is 3.97. The molecule has 0 aliphatic rings. The van der Waals surface area contributed by atoms with E-state index in [0.29, 0.717) is 12.1 Å². The van der Waals surface area contributed by atoms with E-state index in [9.17, 15) is 0 Å². The number of nitrogens with one attached hydrogen (secondary N) is 2. The Morgan fingerprint density at radius 1 is 1.47 bits per heavy atom. The van der Waals surface area contributed by atoms with Crippen molar-refractivity contribution < 1.29 is 4.74 Å². The van der Waals surface area contributed by atoms with Crippen LogP contribution in [0.15, 0.2) is 30.5 Å². The average molecular weight is 258 g/mol. The van der Waals surface area contributed by atoms with Crippen molar-refractivity contribution in [2.24, 2.45) is 5.73 Å². The Hall–Kier alpha value is -2.14. The fourth-order valence-corrected chi connectivity index (χ4v) is 1.87. The summed E-state index contributed by atoms with van der Waals surface area (Å²) in [6, 6.07) is 7.78. The number of hydrogen-bond donors (Lipinski definition) is 3. The summed E-state index contributed by atoms with van der Waals surface area (Å²) < 4.78 is 5.22. The molecule has 1 heterocycles. The predicted octanol–water partition coefficient (Wildman–Crippen LogP) is 1.97. The van der Waals surface area contributed by atoms with E-state index in [2.05, 4.69) is 10.3 Å². The SMILES string of the molecule is COC(C)CNc1c(C(=N)N)cnc2ccccc12. The van der Waals surface area contributed by atoms with E-state index < -0.39 is 0 Å². The molecule has 4 N–H and O–H groups in total. The number of ether oxygens (including phenoxy) is 1. The quantitative estimate of drug-likeness (QED) is 0.565. The Labute approximate surface area is 112 Å². The van der Waals surface area contributed by atoms with Crippen LogP contribution < -0.4 is 11.1 Å². The second-order valence-electron chi connectivity index (χ2n) is 4.40. The average Bonchev–Trinajstić information content (AvgIpc) is 2.43. The molecule has 0 radical (unpaired) electrons. The van der Waals surface area contributed by atoms with Gasteiger partial charge in [-0.2, -0.15) is 0 Å². The number of nitrogens with two attached hydrogens (primary N) is 1. The molecule has 0 amide bonds. The normalized spacial score (nSPS) is 12.3. The van der Waals surface area contributed by atoms with Gasteiger partial charge in [0.1, 0.15) is 5.84 Å². The van der Waals surface area contributed by atoms with Crippen molar-refractivity contribution in [3.63, 3.8) is 0 Å². The van der Waals surface area contributed by atoms with Gasteiger partial charge in [-0.1, -0.05) is 18.2 Å². The molecule has 0 fully saturated rings. The molecule has 0 spiro atoms. The maximum absolute atomic E-state index is 7.65. The van der Waals surface area contributed by atoms with Crippen molar-refractivity contribution in [2.75, 3.05) is 19.0 Å². The van der Waals surface area contributed by atoms with E-state index in [4.69, 9.17) is 15.9 Å². The zero-order valence-electron chi connectivity index (χ0n) is 11.1. The highest BCUT2D eigenvalue weighted by Crippen LogP contribution is 2.25. The van der Waals surface area contributed by atoms with Gasteiger partial charge < -0.3 is 15.8 Å². The number of benzene rings is 1. The van der Waals surface area contributed by atoms with Crippen LogP contribution in [-0.4, -0.2) is 30.6 Å². The van der Waals surface area contributed by atoms with Gasteiger partial charge in [-0.3, -0.25) is 10.4 Å². The van der Waals surface area contributed by atoms with E-state index in [1.807, 2.05) is 31.2 Å². The number of para-hydroxylation sites is 1. The highest BCUT2D eigenvalue weighted by atomic mass is 16.5. The maximum Gasteiger partial charge on any atom is 0.126 e. The lowest BCUT2D eigenvalue weighted by molar-refractivity contribution is 0.129. The minimum atomic E-state index is 0.00539. The minimum absolute atomic E-state index is 0.00539. The molecular weight excluding hydrogens is 240 g/mol. The van der Waals surface area contributed by atoms with Gasteiger partial charge in [0, 0.05) is 25.2 Å². The first-order valence-corrected chi connectivity index (χ1v) is 6.12. The van der Waals surface area contributed by atoms with Gasteiger partial charge >= 0.3 is 0 Å². The van der Waals surface area contributed by atoms with Crippen molar-refractivity contribution in [1.82, 2.24) is 4.98 Å². The molecule has 0 aliphatic carbocycles. The number of nitrogen functional groups attached to an aromatic ring is 1. The number of anilines is 1. The number of nitrogens with zero attached hydrogens (tertiary/aromatic N) is 1. The molecular formula is C14H18N4O. The second-order valence-corrected chi connectivity index (χ2v) is 4.40. The predicted molar refractivity (Wildman–Crippen MR) is 77.7 cm³/mol. The molecule has 0 bridgehead atoms. The van der Waals surface area contributed by atoms with Crippen LogP contribution in [0.2, 0.25) is 0 Å². The first-order valence-electron chi connectivity index (χ1n) is 6.12. The van der Waals surface area contributed by atoms with Crippen LogP contribution >= 0.6 is 0 Å². The van der Waals surface area contributed by atoms with Crippen LogP contribution in [0.3, 0.4) is 0 Å². The standard InChI is InChI=1S/C14H18N4O/c1-9(19-2)7-18-13-10-5-3-4-6-12(10)17-8-11(13)14(15)16/h3-6,8-9H,7H2,1-2H3,(H3,15,16)(H,17,18). The van der Waals surface area contributed by atoms with Crippen LogP contribution in [0.5, 0.6) is 0 Å². The third kappa shape index (κ3) is 2.82. The molecule has 100 valence electrons. The Morgan fingerprint density at radius 3 is 2.89 bits per heavy atom. The Morgan fingerprint density at radius 2 is 2.21 bits per heavy atom. The number of methoxy groups -OCH3 is 1. The third-order valence-electron chi connectivity index (χ3n) is 3.03. The first kappa shape index (κ1) is 13.3. The van der Waals surface area contributed by atoms with Gasteiger partial charge in [-0.05, 0) is 13.0 Å². The van der Waals surface area contributed by atoms with Crippen molar-refractivity contribution in [3.8, 4) is 0 Å². The lowest BCUT2D eigenvalue weighted by Crippen LogP contribution is -2.21. The molecule has 2 aromatic rings. The molecule has 1 unspecified atom stereocenters. The highest BCUT2D eigenvalue weighted by molar-refractivity contribution is 6.07. The smallest absolute Gasteiger partial charge is 0.126 e. The number of fused-ring (bicyclic) bond motifs is 1. The fourth-order valence-electron chi connectivity index (χ4n) is 1.87. The van der Waals surface area contributed by atoms with Crippen molar-refractivity contribution in [3.05, 3.63) is 36.0 Å². The number of aromatic nitrogens is 1. The summed E-state index contributed by atoms with van der Waals surface area (Å²) >= 11 is 0. The fraction of sp³-hybridized carbons (Fsp3) is 0.286. The van der Waals surface area contributed by atoms with E-state index in [1.165, 1.54) is 0 Å².